The number of morpholine rings is 1. The maximum absolute atomic E-state index is 11.0. The Morgan fingerprint density at radius 1 is 1.00 bits per heavy atom. The second-order valence-electron chi connectivity index (χ2n) is 9.50. The van der Waals surface area contributed by atoms with Gasteiger partial charge in [-0.1, -0.05) is 66.7 Å². The van der Waals surface area contributed by atoms with E-state index in [0.29, 0.717) is 32.7 Å². The highest BCUT2D eigenvalue weighted by Crippen LogP contribution is 2.37. The molecule has 1 saturated carbocycles. The predicted octanol–water partition coefficient (Wildman–Crippen LogP) is 4.52. The molecule has 6 nitrogen and oxygen atoms in total. The normalized spacial score (nSPS) is 25.3. The standard InChI is InChI=1S/C29H37NO5/c31-26-20-27(35-21-22-12-14-24(15-13-22)23-8-4-3-5-9-23)25(10-6-1-2-7-11-28(32)33)29(26)30-16-18-34-19-17-30/h1-5,8-9,12-15,25-27,29,31H,6-7,10-11,16-21H2,(H,32,33)/b2-1+/t25-,26+,27-,29+/m0/s1. The van der Waals surface area contributed by atoms with Crippen LogP contribution < -0.4 is 0 Å². The minimum absolute atomic E-state index is 0.0148. The third-order valence-corrected chi connectivity index (χ3v) is 7.13. The Balaban J connectivity index is 1.37. The topological polar surface area (TPSA) is 79.2 Å². The van der Waals surface area contributed by atoms with E-state index >= 15 is 0 Å². The third-order valence-electron chi connectivity index (χ3n) is 7.13. The Hall–Kier alpha value is -2.51. The monoisotopic (exact) mass is 479 g/mol. The molecule has 0 unspecified atom stereocenters. The van der Waals surface area contributed by atoms with Gasteiger partial charge in [0.25, 0.3) is 0 Å². The number of hydrogen-bond donors (Lipinski definition) is 2. The van der Waals surface area contributed by atoms with Crippen molar-refractivity contribution in [3.05, 3.63) is 72.3 Å². The number of allylic oxidation sites excluding steroid dienone is 2. The van der Waals surface area contributed by atoms with E-state index in [1.165, 1.54) is 11.1 Å². The van der Waals surface area contributed by atoms with E-state index < -0.39 is 12.1 Å². The number of ether oxygens (including phenoxy) is 2. The third kappa shape index (κ3) is 7.24. The summed E-state index contributed by atoms with van der Waals surface area (Å²) in [6.07, 6.45) is 6.69. The first-order chi connectivity index (χ1) is 17.1. The Kier molecular flexibility index (Phi) is 9.49. The van der Waals surface area contributed by atoms with Crippen LogP contribution in [0.25, 0.3) is 11.1 Å². The molecule has 4 atom stereocenters. The average Bonchev–Trinajstić information content (AvgIpc) is 3.20. The highest BCUT2D eigenvalue weighted by atomic mass is 16.5. The van der Waals surface area contributed by atoms with E-state index in [9.17, 15) is 9.90 Å². The summed E-state index contributed by atoms with van der Waals surface area (Å²) in [5.74, 6) is -0.554. The SMILES string of the molecule is O=C(O)CC/C=C/CC[C@@H]1[C@@H](N2CCOCC2)[C@H](O)C[C@@H]1OCc1ccc(-c2ccccc2)cc1. The van der Waals surface area contributed by atoms with Gasteiger partial charge in [-0.3, -0.25) is 9.69 Å². The maximum atomic E-state index is 11.0. The number of rotatable bonds is 11. The molecule has 0 aromatic heterocycles. The summed E-state index contributed by atoms with van der Waals surface area (Å²) in [5.41, 5.74) is 3.51. The lowest BCUT2D eigenvalue weighted by Crippen LogP contribution is -2.50. The number of aliphatic hydroxyl groups is 1. The molecular weight excluding hydrogens is 442 g/mol. The van der Waals surface area contributed by atoms with Gasteiger partial charge in [0.1, 0.15) is 0 Å². The van der Waals surface area contributed by atoms with E-state index in [1.807, 2.05) is 24.3 Å². The first kappa shape index (κ1) is 25.6. The van der Waals surface area contributed by atoms with E-state index in [0.717, 1.165) is 31.5 Å². The fourth-order valence-corrected chi connectivity index (χ4v) is 5.35. The first-order valence-electron chi connectivity index (χ1n) is 12.7. The van der Waals surface area contributed by atoms with Gasteiger partial charge < -0.3 is 19.7 Å². The molecule has 2 aromatic rings. The zero-order valence-electron chi connectivity index (χ0n) is 20.3. The fourth-order valence-electron chi connectivity index (χ4n) is 5.35. The van der Waals surface area contributed by atoms with E-state index in [-0.39, 0.29) is 24.5 Å². The highest BCUT2D eigenvalue weighted by Gasteiger charge is 2.45. The molecule has 2 aliphatic rings. The van der Waals surface area contributed by atoms with Crippen LogP contribution in [0, 0.1) is 5.92 Å². The van der Waals surface area contributed by atoms with Crippen molar-refractivity contribution >= 4 is 5.97 Å². The molecule has 1 saturated heterocycles. The van der Waals surface area contributed by atoms with Crippen molar-refractivity contribution in [2.45, 2.75) is 57.0 Å². The van der Waals surface area contributed by atoms with Gasteiger partial charge in [-0.25, -0.2) is 0 Å². The average molecular weight is 480 g/mol. The van der Waals surface area contributed by atoms with Gasteiger partial charge in [0.15, 0.2) is 0 Å². The van der Waals surface area contributed by atoms with Gasteiger partial charge in [0, 0.05) is 37.9 Å². The summed E-state index contributed by atoms with van der Waals surface area (Å²) in [5, 5.41) is 19.8. The Labute approximate surface area is 208 Å². The molecule has 1 aliphatic carbocycles. The zero-order chi connectivity index (χ0) is 24.5. The molecule has 1 heterocycles. The smallest absolute Gasteiger partial charge is 0.303 e. The quantitative estimate of drug-likeness (QED) is 0.462. The van der Waals surface area contributed by atoms with Crippen LogP contribution in [0.15, 0.2) is 66.7 Å². The van der Waals surface area contributed by atoms with Crippen LogP contribution in [-0.4, -0.2) is 65.6 Å². The molecule has 0 amide bonds. The second-order valence-corrected chi connectivity index (χ2v) is 9.50. The molecule has 188 valence electrons. The van der Waals surface area contributed by atoms with Crippen molar-refractivity contribution in [3.63, 3.8) is 0 Å². The Bertz CT molecular complexity index is 939. The van der Waals surface area contributed by atoms with Crippen LogP contribution in [0.1, 0.15) is 37.7 Å². The molecule has 2 N–H and O–H groups in total. The van der Waals surface area contributed by atoms with Gasteiger partial charge in [-0.05, 0) is 36.0 Å². The van der Waals surface area contributed by atoms with Gasteiger partial charge in [-0.15, -0.1) is 0 Å². The highest BCUT2D eigenvalue weighted by molar-refractivity contribution is 5.66. The largest absolute Gasteiger partial charge is 0.481 e. The number of carbonyl (C=O) groups is 1. The van der Waals surface area contributed by atoms with Crippen LogP contribution in [0.5, 0.6) is 0 Å². The van der Waals surface area contributed by atoms with Crippen molar-refractivity contribution in [1.82, 2.24) is 4.90 Å². The molecule has 2 aromatic carbocycles. The van der Waals surface area contributed by atoms with Gasteiger partial charge in [0.05, 0.1) is 32.0 Å². The van der Waals surface area contributed by atoms with Crippen molar-refractivity contribution in [2.24, 2.45) is 5.92 Å². The number of carboxylic acid groups (broad SMARTS) is 1. The lowest BCUT2D eigenvalue weighted by Gasteiger charge is -2.38. The number of aliphatic carboxylic acids is 1. The first-order valence-corrected chi connectivity index (χ1v) is 12.7. The van der Waals surface area contributed by atoms with E-state index in [1.54, 1.807) is 0 Å². The minimum Gasteiger partial charge on any atom is -0.481 e. The predicted molar refractivity (Wildman–Crippen MR) is 136 cm³/mol. The van der Waals surface area contributed by atoms with Crippen molar-refractivity contribution < 1.29 is 24.5 Å². The van der Waals surface area contributed by atoms with Gasteiger partial charge in [-0.2, -0.15) is 0 Å². The Morgan fingerprint density at radius 3 is 2.40 bits per heavy atom. The summed E-state index contributed by atoms with van der Waals surface area (Å²) in [6.45, 7) is 3.59. The molecule has 0 spiro atoms. The number of nitrogens with zero attached hydrogens (tertiary/aromatic N) is 1. The van der Waals surface area contributed by atoms with Crippen molar-refractivity contribution in [2.75, 3.05) is 26.3 Å². The molecular formula is C29H37NO5. The van der Waals surface area contributed by atoms with Crippen molar-refractivity contribution in [3.8, 4) is 11.1 Å². The van der Waals surface area contributed by atoms with Crippen LogP contribution in [0.2, 0.25) is 0 Å². The summed E-state index contributed by atoms with van der Waals surface area (Å²) < 4.78 is 12.0. The Morgan fingerprint density at radius 2 is 1.69 bits per heavy atom. The number of carboxylic acids is 1. The zero-order valence-corrected chi connectivity index (χ0v) is 20.3. The second kappa shape index (κ2) is 13.0. The lowest BCUT2D eigenvalue weighted by molar-refractivity contribution is -0.136. The summed E-state index contributed by atoms with van der Waals surface area (Å²) >= 11 is 0. The summed E-state index contributed by atoms with van der Waals surface area (Å²) in [4.78, 5) is 13.1. The summed E-state index contributed by atoms with van der Waals surface area (Å²) in [7, 11) is 0. The number of hydrogen-bond acceptors (Lipinski definition) is 5. The molecule has 35 heavy (non-hydrogen) atoms. The van der Waals surface area contributed by atoms with Gasteiger partial charge >= 0.3 is 5.97 Å². The van der Waals surface area contributed by atoms with E-state index in [4.69, 9.17) is 14.6 Å². The minimum atomic E-state index is -0.772. The molecule has 0 radical (unpaired) electrons. The lowest BCUT2D eigenvalue weighted by atomic mass is 9.93. The van der Waals surface area contributed by atoms with Crippen LogP contribution in [0.4, 0.5) is 0 Å². The molecule has 0 bridgehead atoms. The number of benzene rings is 2. The number of aliphatic hydroxyl groups excluding tert-OH is 1. The van der Waals surface area contributed by atoms with E-state index in [2.05, 4.69) is 47.4 Å². The fraction of sp³-hybridized carbons (Fsp3) is 0.483. The van der Waals surface area contributed by atoms with Crippen LogP contribution in [-0.2, 0) is 20.9 Å². The van der Waals surface area contributed by atoms with Crippen LogP contribution in [0.3, 0.4) is 0 Å². The van der Waals surface area contributed by atoms with Crippen LogP contribution >= 0.6 is 0 Å². The molecule has 4 rings (SSSR count). The molecule has 1 aliphatic heterocycles. The van der Waals surface area contributed by atoms with Crippen molar-refractivity contribution in [1.29, 1.82) is 0 Å². The van der Waals surface area contributed by atoms with Gasteiger partial charge in [0.2, 0.25) is 0 Å². The molecule has 6 heteroatoms. The maximum Gasteiger partial charge on any atom is 0.303 e. The molecule has 2 fully saturated rings. The summed E-state index contributed by atoms with van der Waals surface area (Å²) in [6, 6.07) is 18.9.